The maximum absolute atomic E-state index is 9.84. The van der Waals surface area contributed by atoms with Crippen LogP contribution >= 0.6 is 0 Å². The molecule has 0 aromatic heterocycles. The maximum atomic E-state index is 9.84. The highest BCUT2D eigenvalue weighted by Crippen LogP contribution is 2.39. The van der Waals surface area contributed by atoms with E-state index in [9.17, 15) is 5.11 Å². The Morgan fingerprint density at radius 2 is 1.85 bits per heavy atom. The molecule has 0 saturated heterocycles. The van der Waals surface area contributed by atoms with Crippen LogP contribution in [0.15, 0.2) is 0 Å². The van der Waals surface area contributed by atoms with Gasteiger partial charge in [0.05, 0.1) is 6.10 Å². The van der Waals surface area contributed by atoms with Gasteiger partial charge in [-0.1, -0.05) is 27.2 Å². The van der Waals surface area contributed by atoms with Crippen molar-refractivity contribution in [3.8, 4) is 0 Å². The summed E-state index contributed by atoms with van der Waals surface area (Å²) in [5.74, 6) is 0.591. The number of aliphatic hydroxyl groups is 1. The first-order valence-corrected chi connectivity index (χ1v) is 5.73. The van der Waals surface area contributed by atoms with Crippen molar-refractivity contribution in [3.05, 3.63) is 0 Å². The normalized spacial score (nSPS) is 25.8. The summed E-state index contributed by atoms with van der Waals surface area (Å²) < 4.78 is 0. The largest absolute Gasteiger partial charge is 0.393 e. The van der Waals surface area contributed by atoms with E-state index in [2.05, 4.69) is 20.8 Å². The predicted octanol–water partition coefficient (Wildman–Crippen LogP) is 3.36. The van der Waals surface area contributed by atoms with Gasteiger partial charge in [0.15, 0.2) is 0 Å². The minimum atomic E-state index is -0.0268. The zero-order chi connectivity index (χ0) is 9.90. The highest BCUT2D eigenvalue weighted by Gasteiger charge is 2.29. The van der Waals surface area contributed by atoms with E-state index in [1.54, 1.807) is 0 Å². The molecule has 0 bridgehead atoms. The minimum absolute atomic E-state index is 0.0268. The van der Waals surface area contributed by atoms with E-state index in [1.165, 1.54) is 25.7 Å². The Morgan fingerprint density at radius 1 is 1.31 bits per heavy atom. The van der Waals surface area contributed by atoms with Crippen molar-refractivity contribution in [1.29, 1.82) is 0 Å². The second kappa shape index (κ2) is 4.45. The molecule has 0 aromatic rings. The maximum Gasteiger partial charge on any atom is 0.0568 e. The molecule has 1 rings (SSSR count). The lowest BCUT2D eigenvalue weighted by Gasteiger charge is -2.36. The minimum Gasteiger partial charge on any atom is -0.393 e. The van der Waals surface area contributed by atoms with Gasteiger partial charge in [0.25, 0.3) is 0 Å². The molecule has 1 atom stereocenters. The van der Waals surface area contributed by atoms with Crippen molar-refractivity contribution in [3.63, 3.8) is 0 Å². The Labute approximate surface area is 82.5 Å². The molecule has 0 heterocycles. The van der Waals surface area contributed by atoms with Gasteiger partial charge in [0, 0.05) is 0 Å². The molecule has 0 amide bonds. The van der Waals surface area contributed by atoms with E-state index in [-0.39, 0.29) is 6.10 Å². The van der Waals surface area contributed by atoms with Gasteiger partial charge < -0.3 is 5.11 Å². The van der Waals surface area contributed by atoms with Crippen molar-refractivity contribution in [2.45, 2.75) is 65.4 Å². The molecule has 0 radical (unpaired) electrons. The second-order valence-corrected chi connectivity index (χ2v) is 5.36. The van der Waals surface area contributed by atoms with Crippen molar-refractivity contribution in [2.24, 2.45) is 11.3 Å². The predicted molar refractivity (Wildman–Crippen MR) is 56.7 cm³/mol. The van der Waals surface area contributed by atoms with Crippen LogP contribution < -0.4 is 0 Å². The van der Waals surface area contributed by atoms with Gasteiger partial charge in [0.2, 0.25) is 0 Å². The summed E-state index contributed by atoms with van der Waals surface area (Å²) in [6, 6.07) is 0. The van der Waals surface area contributed by atoms with Crippen molar-refractivity contribution >= 4 is 0 Å². The Hall–Kier alpha value is -0.0400. The van der Waals surface area contributed by atoms with Gasteiger partial charge in [0.1, 0.15) is 0 Å². The molecule has 1 fully saturated rings. The first-order chi connectivity index (χ1) is 6.05. The third-order valence-electron chi connectivity index (χ3n) is 3.51. The summed E-state index contributed by atoms with van der Waals surface area (Å²) in [5, 5.41) is 9.84. The smallest absolute Gasteiger partial charge is 0.0568 e. The molecule has 0 aromatic carbocycles. The Bertz CT molecular complexity index is 141. The third kappa shape index (κ3) is 3.30. The third-order valence-corrected chi connectivity index (χ3v) is 3.51. The van der Waals surface area contributed by atoms with Crippen LogP contribution in [0.4, 0.5) is 0 Å². The molecule has 78 valence electrons. The molecule has 13 heavy (non-hydrogen) atoms. The fourth-order valence-corrected chi connectivity index (χ4v) is 2.34. The molecule has 0 aliphatic heterocycles. The van der Waals surface area contributed by atoms with Crippen LogP contribution in [-0.2, 0) is 0 Å². The molecule has 1 N–H and O–H groups in total. The fraction of sp³-hybridized carbons (Fsp3) is 1.00. The van der Waals surface area contributed by atoms with E-state index < -0.39 is 0 Å². The van der Waals surface area contributed by atoms with Crippen LogP contribution in [0.1, 0.15) is 59.3 Å². The van der Waals surface area contributed by atoms with E-state index in [0.717, 1.165) is 12.8 Å². The van der Waals surface area contributed by atoms with Crippen LogP contribution in [0.5, 0.6) is 0 Å². The monoisotopic (exact) mass is 184 g/mol. The number of rotatable bonds is 3. The van der Waals surface area contributed by atoms with Gasteiger partial charge in [-0.15, -0.1) is 0 Å². The first-order valence-electron chi connectivity index (χ1n) is 5.73. The first kappa shape index (κ1) is 11.0. The summed E-state index contributed by atoms with van der Waals surface area (Å²) in [6.07, 6.45) is 7.12. The number of aliphatic hydroxyl groups excluding tert-OH is 1. The van der Waals surface area contributed by atoms with Crippen molar-refractivity contribution in [1.82, 2.24) is 0 Å². The summed E-state index contributed by atoms with van der Waals surface area (Å²) in [5.41, 5.74) is 0.530. The van der Waals surface area contributed by atoms with Gasteiger partial charge in [-0.2, -0.15) is 0 Å². The van der Waals surface area contributed by atoms with Crippen LogP contribution in [0.2, 0.25) is 0 Å². The zero-order valence-corrected chi connectivity index (χ0v) is 9.34. The summed E-state index contributed by atoms with van der Waals surface area (Å²) in [4.78, 5) is 0. The Balaban J connectivity index is 2.32. The topological polar surface area (TPSA) is 20.2 Å². The molecule has 1 saturated carbocycles. The standard InChI is InChI=1S/C12H24O/c1-4-5-11(13)10-6-8-12(2,3)9-7-10/h10-11,13H,4-9H2,1-3H3. The fourth-order valence-electron chi connectivity index (χ4n) is 2.34. The molecule has 1 heteroatoms. The van der Waals surface area contributed by atoms with Gasteiger partial charge in [-0.3, -0.25) is 0 Å². The molecule has 1 aliphatic carbocycles. The quantitative estimate of drug-likeness (QED) is 0.713. The highest BCUT2D eigenvalue weighted by molar-refractivity contribution is 4.81. The Morgan fingerprint density at radius 3 is 2.31 bits per heavy atom. The van der Waals surface area contributed by atoms with Crippen LogP contribution in [-0.4, -0.2) is 11.2 Å². The van der Waals surface area contributed by atoms with E-state index in [4.69, 9.17) is 0 Å². The van der Waals surface area contributed by atoms with Crippen LogP contribution in [0.25, 0.3) is 0 Å². The SMILES string of the molecule is CCCC(O)C1CCC(C)(C)CC1. The van der Waals surface area contributed by atoms with E-state index >= 15 is 0 Å². The van der Waals surface area contributed by atoms with Gasteiger partial charge in [-0.05, 0) is 43.4 Å². The van der Waals surface area contributed by atoms with Gasteiger partial charge >= 0.3 is 0 Å². The average Bonchev–Trinajstić information content (AvgIpc) is 2.04. The van der Waals surface area contributed by atoms with E-state index in [1.807, 2.05) is 0 Å². The molecule has 1 nitrogen and oxygen atoms in total. The number of hydrogen-bond donors (Lipinski definition) is 1. The van der Waals surface area contributed by atoms with E-state index in [0.29, 0.717) is 11.3 Å². The zero-order valence-electron chi connectivity index (χ0n) is 9.34. The van der Waals surface area contributed by atoms with Crippen molar-refractivity contribution < 1.29 is 5.11 Å². The molecule has 0 spiro atoms. The molecule has 1 unspecified atom stereocenters. The molecular weight excluding hydrogens is 160 g/mol. The van der Waals surface area contributed by atoms with Crippen LogP contribution in [0.3, 0.4) is 0 Å². The van der Waals surface area contributed by atoms with Gasteiger partial charge in [-0.25, -0.2) is 0 Å². The second-order valence-electron chi connectivity index (χ2n) is 5.36. The highest BCUT2D eigenvalue weighted by atomic mass is 16.3. The average molecular weight is 184 g/mol. The summed E-state index contributed by atoms with van der Waals surface area (Å²) in [7, 11) is 0. The number of hydrogen-bond acceptors (Lipinski definition) is 1. The van der Waals surface area contributed by atoms with Crippen LogP contribution in [0, 0.1) is 11.3 Å². The molecular formula is C12H24O. The lowest BCUT2D eigenvalue weighted by atomic mass is 9.71. The molecule has 1 aliphatic rings. The summed E-state index contributed by atoms with van der Waals surface area (Å²) >= 11 is 0. The van der Waals surface area contributed by atoms with Crippen molar-refractivity contribution in [2.75, 3.05) is 0 Å². The summed E-state index contributed by atoms with van der Waals surface area (Å²) in [6.45, 7) is 6.83. The Kier molecular flexibility index (Phi) is 3.78. The lowest BCUT2D eigenvalue weighted by Crippen LogP contribution is -2.28. The lowest BCUT2D eigenvalue weighted by molar-refractivity contribution is 0.0511.